The molecule has 1 aromatic heterocycles. The van der Waals surface area contributed by atoms with Gasteiger partial charge in [0.1, 0.15) is 5.82 Å². The highest BCUT2D eigenvalue weighted by molar-refractivity contribution is 5.74. The largest absolute Gasteiger partial charge is 0.380 e. The molecule has 1 aliphatic rings. The first kappa shape index (κ1) is 12.8. The monoisotopic (exact) mass is 271 g/mol. The Morgan fingerprint density at radius 2 is 1.61 bits per heavy atom. The molecule has 2 rings (SSSR count). The van der Waals surface area contributed by atoms with Gasteiger partial charge in [-0.3, -0.25) is 4.98 Å². The van der Waals surface area contributed by atoms with Crippen LogP contribution >= 0.6 is 0 Å². The summed E-state index contributed by atoms with van der Waals surface area (Å²) in [5.74, 6) is -16.7. The first-order chi connectivity index (χ1) is 8.09. The van der Waals surface area contributed by atoms with Gasteiger partial charge in [-0.2, -0.15) is 26.3 Å². The van der Waals surface area contributed by atoms with E-state index < -0.39 is 40.9 Å². The lowest BCUT2D eigenvalue weighted by Gasteiger charge is -2.24. The molecule has 0 spiro atoms. The second-order valence-electron chi connectivity index (χ2n) is 3.69. The Labute approximate surface area is 95.9 Å². The van der Waals surface area contributed by atoms with E-state index in [9.17, 15) is 30.7 Å². The summed E-state index contributed by atoms with van der Waals surface area (Å²) in [4.78, 5) is 3.19. The maximum absolute atomic E-state index is 13.2. The van der Waals surface area contributed by atoms with Crippen LogP contribution in [0.1, 0.15) is 5.69 Å². The molecular formula is C10H4F7N. The van der Waals surface area contributed by atoms with Gasteiger partial charge in [-0.25, -0.2) is 4.39 Å². The Kier molecular flexibility index (Phi) is 2.47. The van der Waals surface area contributed by atoms with Crippen molar-refractivity contribution in [3.05, 3.63) is 35.9 Å². The van der Waals surface area contributed by atoms with Gasteiger partial charge in [-0.05, 0) is 6.07 Å². The van der Waals surface area contributed by atoms with E-state index in [1.807, 2.05) is 0 Å². The van der Waals surface area contributed by atoms with Crippen LogP contribution in [0, 0.1) is 5.82 Å². The SMILES string of the molecule is Fc1ccnc(C2=CC(F)(F)C(F)(F)C2(F)F)c1. The van der Waals surface area contributed by atoms with Crippen molar-refractivity contribution in [2.45, 2.75) is 17.8 Å². The summed E-state index contributed by atoms with van der Waals surface area (Å²) in [5.41, 5.74) is -2.63. The van der Waals surface area contributed by atoms with E-state index in [1.165, 1.54) is 0 Å². The first-order valence-corrected chi connectivity index (χ1v) is 4.58. The molecular weight excluding hydrogens is 267 g/mol. The van der Waals surface area contributed by atoms with E-state index in [0.29, 0.717) is 6.07 Å². The third-order valence-corrected chi connectivity index (χ3v) is 2.47. The van der Waals surface area contributed by atoms with Gasteiger partial charge in [-0.15, -0.1) is 0 Å². The molecule has 1 nitrogen and oxygen atoms in total. The van der Waals surface area contributed by atoms with Crippen molar-refractivity contribution in [3.8, 4) is 0 Å². The molecule has 0 saturated heterocycles. The number of nitrogens with zero attached hydrogens (tertiary/aromatic N) is 1. The number of alkyl halides is 6. The Bertz CT molecular complexity index is 521. The molecule has 0 amide bonds. The maximum atomic E-state index is 13.2. The van der Waals surface area contributed by atoms with Crippen LogP contribution in [-0.2, 0) is 0 Å². The number of pyridine rings is 1. The second-order valence-corrected chi connectivity index (χ2v) is 3.69. The molecule has 0 saturated carbocycles. The molecule has 1 aliphatic carbocycles. The van der Waals surface area contributed by atoms with Crippen molar-refractivity contribution in [2.75, 3.05) is 0 Å². The van der Waals surface area contributed by atoms with Gasteiger partial charge in [-0.1, -0.05) is 0 Å². The normalized spacial score (nSPS) is 23.8. The molecule has 0 aromatic carbocycles. The van der Waals surface area contributed by atoms with Crippen molar-refractivity contribution < 1.29 is 30.7 Å². The highest BCUT2D eigenvalue weighted by Gasteiger charge is 2.77. The Hall–Kier alpha value is -1.60. The fourth-order valence-corrected chi connectivity index (χ4v) is 1.53. The van der Waals surface area contributed by atoms with E-state index in [0.717, 1.165) is 12.3 Å². The average Bonchev–Trinajstić information content (AvgIpc) is 2.36. The topological polar surface area (TPSA) is 12.9 Å². The summed E-state index contributed by atoms with van der Waals surface area (Å²) < 4.78 is 90.6. The first-order valence-electron chi connectivity index (χ1n) is 4.58. The molecule has 0 unspecified atom stereocenters. The Morgan fingerprint density at radius 3 is 2.06 bits per heavy atom. The van der Waals surface area contributed by atoms with Crippen molar-refractivity contribution in [3.63, 3.8) is 0 Å². The van der Waals surface area contributed by atoms with E-state index in [4.69, 9.17) is 0 Å². The summed E-state index contributed by atoms with van der Waals surface area (Å²) >= 11 is 0. The average molecular weight is 271 g/mol. The predicted molar refractivity (Wildman–Crippen MR) is 47.0 cm³/mol. The fraction of sp³-hybridized carbons (Fsp3) is 0.300. The number of rotatable bonds is 1. The van der Waals surface area contributed by atoms with Crippen LogP contribution in [0.4, 0.5) is 30.7 Å². The highest BCUT2D eigenvalue weighted by Crippen LogP contribution is 2.58. The van der Waals surface area contributed by atoms with Gasteiger partial charge in [0.05, 0.1) is 11.3 Å². The molecule has 0 fully saturated rings. The Morgan fingerprint density at radius 1 is 1.00 bits per heavy atom. The van der Waals surface area contributed by atoms with Gasteiger partial charge in [0.15, 0.2) is 0 Å². The van der Waals surface area contributed by atoms with Gasteiger partial charge in [0, 0.05) is 18.3 Å². The third-order valence-electron chi connectivity index (χ3n) is 2.47. The lowest BCUT2D eigenvalue weighted by molar-refractivity contribution is -0.257. The number of hydrogen-bond acceptors (Lipinski definition) is 1. The minimum Gasteiger partial charge on any atom is -0.256 e. The Balaban J connectivity index is 2.59. The van der Waals surface area contributed by atoms with E-state index in [-0.39, 0.29) is 0 Å². The smallest absolute Gasteiger partial charge is 0.256 e. The number of allylic oxidation sites excluding steroid dienone is 2. The van der Waals surface area contributed by atoms with Crippen molar-refractivity contribution >= 4 is 5.57 Å². The zero-order chi connectivity index (χ0) is 13.8. The number of aromatic nitrogens is 1. The van der Waals surface area contributed by atoms with Gasteiger partial charge in [0.25, 0.3) is 0 Å². The van der Waals surface area contributed by atoms with E-state index >= 15 is 0 Å². The number of halogens is 7. The summed E-state index contributed by atoms with van der Waals surface area (Å²) in [7, 11) is 0. The summed E-state index contributed by atoms with van der Waals surface area (Å²) in [6.45, 7) is 0. The molecule has 18 heavy (non-hydrogen) atoms. The molecule has 0 bridgehead atoms. The molecule has 0 N–H and O–H groups in total. The van der Waals surface area contributed by atoms with Gasteiger partial charge >= 0.3 is 17.8 Å². The van der Waals surface area contributed by atoms with Crippen LogP contribution in [0.25, 0.3) is 5.57 Å². The van der Waals surface area contributed by atoms with Crippen LogP contribution in [0.2, 0.25) is 0 Å². The van der Waals surface area contributed by atoms with Crippen LogP contribution in [0.5, 0.6) is 0 Å². The van der Waals surface area contributed by atoms with Gasteiger partial charge in [0.2, 0.25) is 0 Å². The van der Waals surface area contributed by atoms with Crippen LogP contribution in [0.15, 0.2) is 24.4 Å². The molecule has 1 heterocycles. The van der Waals surface area contributed by atoms with Crippen LogP contribution < -0.4 is 0 Å². The molecule has 98 valence electrons. The zero-order valence-electron chi connectivity index (χ0n) is 8.40. The zero-order valence-corrected chi connectivity index (χ0v) is 8.40. The van der Waals surface area contributed by atoms with Crippen LogP contribution in [-0.4, -0.2) is 22.8 Å². The summed E-state index contributed by atoms with van der Waals surface area (Å²) in [6.07, 6.45) is 0.144. The molecule has 0 radical (unpaired) electrons. The molecule has 0 aliphatic heterocycles. The minimum atomic E-state index is -5.57. The number of hydrogen-bond donors (Lipinski definition) is 0. The van der Waals surface area contributed by atoms with Gasteiger partial charge < -0.3 is 0 Å². The molecule has 1 aromatic rings. The minimum absolute atomic E-state index is 0.386. The van der Waals surface area contributed by atoms with E-state index in [1.54, 1.807) is 0 Å². The quantitative estimate of drug-likeness (QED) is 0.712. The standard InChI is InChI=1S/C10H4F7N/c11-5-1-2-18-7(3-5)6-4-8(12,13)10(16,17)9(6,14)15/h1-4H. The van der Waals surface area contributed by atoms with Crippen molar-refractivity contribution in [1.82, 2.24) is 4.98 Å². The summed E-state index contributed by atoms with van der Waals surface area (Å²) in [5, 5.41) is 0. The fourth-order valence-electron chi connectivity index (χ4n) is 1.53. The van der Waals surface area contributed by atoms with E-state index in [2.05, 4.69) is 4.98 Å². The maximum Gasteiger partial charge on any atom is 0.380 e. The van der Waals surface area contributed by atoms with Crippen LogP contribution in [0.3, 0.4) is 0 Å². The summed E-state index contributed by atoms with van der Waals surface area (Å²) in [6, 6.07) is 1.16. The predicted octanol–water partition coefficient (Wildman–Crippen LogP) is 3.52. The highest BCUT2D eigenvalue weighted by atomic mass is 19.3. The third kappa shape index (κ3) is 1.51. The molecule has 8 heteroatoms. The molecule has 0 atom stereocenters. The lowest BCUT2D eigenvalue weighted by atomic mass is 10.1. The second kappa shape index (κ2) is 3.46. The lowest BCUT2D eigenvalue weighted by Crippen LogP contribution is -2.48. The van der Waals surface area contributed by atoms with Crippen molar-refractivity contribution in [1.29, 1.82) is 0 Å². The van der Waals surface area contributed by atoms with Crippen molar-refractivity contribution in [2.24, 2.45) is 0 Å².